The Morgan fingerprint density at radius 2 is 1.81 bits per heavy atom. The summed E-state index contributed by atoms with van der Waals surface area (Å²) in [6, 6.07) is 8.36. The van der Waals surface area contributed by atoms with Gasteiger partial charge in [-0.15, -0.1) is 0 Å². The molecular formula is C21H28ClN3O2. The van der Waals surface area contributed by atoms with Gasteiger partial charge >= 0.3 is 0 Å². The smallest absolute Gasteiger partial charge is 0.253 e. The molecule has 27 heavy (non-hydrogen) atoms. The predicted molar refractivity (Wildman–Crippen MR) is 105 cm³/mol. The van der Waals surface area contributed by atoms with E-state index >= 15 is 0 Å². The second-order valence-electron chi connectivity index (χ2n) is 8.68. The maximum atomic E-state index is 13.2. The summed E-state index contributed by atoms with van der Waals surface area (Å²) in [4.78, 5) is 20.5. The molecule has 0 aromatic heterocycles. The van der Waals surface area contributed by atoms with Crippen molar-refractivity contribution in [3.05, 3.63) is 34.9 Å². The van der Waals surface area contributed by atoms with Gasteiger partial charge in [0.2, 0.25) is 0 Å². The van der Waals surface area contributed by atoms with E-state index in [1.54, 1.807) is 12.1 Å². The van der Waals surface area contributed by atoms with Crippen molar-refractivity contribution < 1.29 is 9.53 Å². The summed E-state index contributed by atoms with van der Waals surface area (Å²) in [7, 11) is 0. The van der Waals surface area contributed by atoms with Crippen LogP contribution in [0.2, 0.25) is 5.02 Å². The summed E-state index contributed by atoms with van der Waals surface area (Å²) < 4.78 is 5.77. The molecule has 5 rings (SSSR count). The average molecular weight is 390 g/mol. The number of likely N-dealkylation sites (tertiary alicyclic amines) is 1. The quantitative estimate of drug-likeness (QED) is 0.778. The van der Waals surface area contributed by atoms with E-state index in [1.807, 2.05) is 12.1 Å². The van der Waals surface area contributed by atoms with Gasteiger partial charge in [0.1, 0.15) is 0 Å². The molecule has 3 aliphatic heterocycles. The second-order valence-corrected chi connectivity index (χ2v) is 9.12. The maximum absolute atomic E-state index is 13.2. The first-order valence-corrected chi connectivity index (χ1v) is 10.7. The molecule has 1 aromatic rings. The van der Waals surface area contributed by atoms with E-state index in [4.69, 9.17) is 16.3 Å². The number of carbonyl (C=O) groups is 1. The number of rotatable bonds is 2. The van der Waals surface area contributed by atoms with Crippen LogP contribution in [0.5, 0.6) is 0 Å². The number of ether oxygens (including phenoxy) is 1. The van der Waals surface area contributed by atoms with Gasteiger partial charge in [0.15, 0.2) is 0 Å². The van der Waals surface area contributed by atoms with Crippen molar-refractivity contribution in [2.45, 2.75) is 43.3 Å². The van der Waals surface area contributed by atoms with Crippen LogP contribution in [0.1, 0.15) is 36.0 Å². The first-order valence-electron chi connectivity index (χ1n) is 10.3. The van der Waals surface area contributed by atoms with Crippen molar-refractivity contribution >= 4 is 17.5 Å². The first kappa shape index (κ1) is 17.9. The van der Waals surface area contributed by atoms with E-state index in [0.717, 1.165) is 57.5 Å². The van der Waals surface area contributed by atoms with E-state index in [2.05, 4.69) is 14.7 Å². The fourth-order valence-corrected chi connectivity index (χ4v) is 5.77. The molecule has 5 nitrogen and oxygen atoms in total. The van der Waals surface area contributed by atoms with Gasteiger partial charge in [-0.2, -0.15) is 0 Å². The Morgan fingerprint density at radius 1 is 1.07 bits per heavy atom. The summed E-state index contributed by atoms with van der Waals surface area (Å²) in [5.74, 6) is 0.121. The zero-order valence-electron chi connectivity index (χ0n) is 15.8. The molecule has 3 heterocycles. The third-order valence-electron chi connectivity index (χ3n) is 6.97. The van der Waals surface area contributed by atoms with Crippen molar-refractivity contribution in [3.8, 4) is 0 Å². The highest BCUT2D eigenvalue weighted by Gasteiger charge is 2.56. The van der Waals surface area contributed by atoms with Crippen molar-refractivity contribution in [1.82, 2.24) is 14.7 Å². The van der Waals surface area contributed by atoms with Gasteiger partial charge in [-0.3, -0.25) is 14.6 Å². The number of piperazine rings is 1. The summed E-state index contributed by atoms with van der Waals surface area (Å²) in [6.07, 6.45) is 5.43. The predicted octanol–water partition coefficient (Wildman–Crippen LogP) is 2.49. The van der Waals surface area contributed by atoms with Gasteiger partial charge < -0.3 is 9.64 Å². The third-order valence-corrected chi connectivity index (χ3v) is 7.22. The Hall–Kier alpha value is -1.14. The molecule has 0 N–H and O–H groups in total. The van der Waals surface area contributed by atoms with E-state index in [1.165, 1.54) is 25.7 Å². The van der Waals surface area contributed by atoms with Crippen LogP contribution in [0, 0.1) is 0 Å². The molecule has 4 aliphatic rings. The van der Waals surface area contributed by atoms with Crippen LogP contribution in [-0.4, -0.2) is 84.2 Å². The fourth-order valence-electron chi connectivity index (χ4n) is 5.64. The molecule has 1 saturated carbocycles. The van der Waals surface area contributed by atoms with Crippen LogP contribution >= 0.6 is 11.6 Å². The standard InChI is InChI=1S/C21H28ClN3O2/c22-17-7-5-16(6-8-17)20(26)23-11-19-12-27-10-9-25(19)21(13-23)14-24(15-21)18-3-1-2-4-18/h5-8,18-19H,1-4,9-15H2. The zero-order chi connectivity index (χ0) is 18.4. The van der Waals surface area contributed by atoms with Crippen LogP contribution in [-0.2, 0) is 4.74 Å². The van der Waals surface area contributed by atoms with Gasteiger partial charge in [0.05, 0.1) is 24.8 Å². The Kier molecular flexibility index (Phi) is 4.67. The minimum Gasteiger partial charge on any atom is -0.378 e. The lowest BCUT2D eigenvalue weighted by Gasteiger charge is -2.64. The molecule has 146 valence electrons. The van der Waals surface area contributed by atoms with Gasteiger partial charge in [-0.1, -0.05) is 24.4 Å². The Balaban J connectivity index is 1.35. The topological polar surface area (TPSA) is 36.0 Å². The number of benzene rings is 1. The van der Waals surface area contributed by atoms with Crippen LogP contribution in [0.25, 0.3) is 0 Å². The summed E-state index contributed by atoms with van der Waals surface area (Å²) in [5.41, 5.74) is 0.837. The maximum Gasteiger partial charge on any atom is 0.253 e. The normalized spacial score (nSPS) is 28.9. The molecule has 1 amide bonds. The minimum atomic E-state index is 0.109. The number of halogens is 1. The van der Waals surface area contributed by atoms with Crippen molar-refractivity contribution in [3.63, 3.8) is 0 Å². The first-order chi connectivity index (χ1) is 13.1. The van der Waals surface area contributed by atoms with Gasteiger partial charge in [-0.25, -0.2) is 0 Å². The molecule has 4 fully saturated rings. The number of hydrogen-bond acceptors (Lipinski definition) is 4. The minimum absolute atomic E-state index is 0.109. The molecule has 1 aromatic carbocycles. The van der Waals surface area contributed by atoms with E-state index in [-0.39, 0.29) is 11.4 Å². The Labute approximate surface area is 166 Å². The molecule has 1 atom stereocenters. The fraction of sp³-hybridized carbons (Fsp3) is 0.667. The lowest BCUT2D eigenvalue weighted by atomic mass is 9.81. The van der Waals surface area contributed by atoms with Crippen LogP contribution in [0.15, 0.2) is 24.3 Å². The van der Waals surface area contributed by atoms with E-state index in [9.17, 15) is 4.79 Å². The lowest BCUT2D eigenvalue weighted by Crippen LogP contribution is -2.81. The zero-order valence-corrected chi connectivity index (χ0v) is 16.5. The number of morpholine rings is 1. The molecule has 3 saturated heterocycles. The highest BCUT2D eigenvalue weighted by molar-refractivity contribution is 6.30. The lowest BCUT2D eigenvalue weighted by molar-refractivity contribution is -0.165. The van der Waals surface area contributed by atoms with Gasteiger partial charge in [-0.05, 0) is 37.1 Å². The summed E-state index contributed by atoms with van der Waals surface area (Å²) in [5, 5.41) is 0.666. The summed E-state index contributed by atoms with van der Waals surface area (Å²) >= 11 is 5.99. The number of carbonyl (C=O) groups excluding carboxylic acids is 1. The molecule has 0 radical (unpaired) electrons. The van der Waals surface area contributed by atoms with Crippen molar-refractivity contribution in [1.29, 1.82) is 0 Å². The van der Waals surface area contributed by atoms with Gasteiger partial charge in [0.25, 0.3) is 5.91 Å². The molecule has 6 heteroatoms. The largest absolute Gasteiger partial charge is 0.378 e. The van der Waals surface area contributed by atoms with Crippen LogP contribution in [0.3, 0.4) is 0 Å². The number of fused-ring (bicyclic) bond motifs is 2. The number of hydrogen-bond donors (Lipinski definition) is 0. The van der Waals surface area contributed by atoms with Crippen LogP contribution < -0.4 is 0 Å². The highest BCUT2D eigenvalue weighted by atomic mass is 35.5. The Bertz CT molecular complexity index is 698. The third kappa shape index (κ3) is 3.19. The summed E-state index contributed by atoms with van der Waals surface area (Å²) in [6.45, 7) is 6.31. The molecule has 1 spiro atoms. The number of nitrogens with zero attached hydrogens (tertiary/aromatic N) is 3. The van der Waals surface area contributed by atoms with Crippen molar-refractivity contribution in [2.75, 3.05) is 45.9 Å². The molecule has 1 aliphatic carbocycles. The Morgan fingerprint density at radius 3 is 2.56 bits per heavy atom. The highest BCUT2D eigenvalue weighted by Crippen LogP contribution is 2.39. The SMILES string of the molecule is O=C(c1ccc(Cl)cc1)N1CC2COCCN2C2(C1)CN(C1CCCC1)C2. The number of amides is 1. The van der Waals surface area contributed by atoms with Gasteiger partial charge in [0, 0.05) is 49.4 Å². The monoisotopic (exact) mass is 389 g/mol. The van der Waals surface area contributed by atoms with Crippen LogP contribution in [0.4, 0.5) is 0 Å². The molecular weight excluding hydrogens is 362 g/mol. The molecule has 0 bridgehead atoms. The molecule has 1 unspecified atom stereocenters. The van der Waals surface area contributed by atoms with Crippen molar-refractivity contribution in [2.24, 2.45) is 0 Å². The van der Waals surface area contributed by atoms with E-state index < -0.39 is 0 Å². The van der Waals surface area contributed by atoms with E-state index in [0.29, 0.717) is 11.1 Å². The average Bonchev–Trinajstić information content (AvgIpc) is 3.19. The second kappa shape index (κ2) is 7.03.